The molecule has 32 heavy (non-hydrogen) atoms. The van der Waals surface area contributed by atoms with Gasteiger partial charge in [0.1, 0.15) is 9.96 Å². The number of primary amides is 1. The smallest absolute Gasteiger partial charge is 0.252 e. The minimum Gasteiger partial charge on any atom is -0.507 e. The number of rotatable bonds is 11. The number of nitrogens with one attached hydrogen (secondary N) is 1. The Morgan fingerprint density at radius 1 is 1.19 bits per heavy atom. The van der Waals surface area contributed by atoms with Gasteiger partial charge < -0.3 is 16.2 Å². The molecule has 0 radical (unpaired) electrons. The molecule has 9 heteroatoms. The van der Waals surface area contributed by atoms with Crippen molar-refractivity contribution >= 4 is 27.3 Å². The lowest BCUT2D eigenvalue weighted by molar-refractivity contribution is 0.0997. The van der Waals surface area contributed by atoms with Crippen LogP contribution in [0.25, 0.3) is 0 Å². The quantitative estimate of drug-likeness (QED) is 0.427. The van der Waals surface area contributed by atoms with Gasteiger partial charge in [-0.25, -0.2) is 8.42 Å². The molecule has 0 saturated carbocycles. The molecule has 0 atom stereocenters. The van der Waals surface area contributed by atoms with Gasteiger partial charge in [-0.3, -0.25) is 4.79 Å². The highest BCUT2D eigenvalue weighted by molar-refractivity contribution is 7.91. The van der Waals surface area contributed by atoms with Gasteiger partial charge in [-0.1, -0.05) is 38.3 Å². The summed E-state index contributed by atoms with van der Waals surface area (Å²) in [6.45, 7) is 4.23. The van der Waals surface area contributed by atoms with Crippen LogP contribution in [0.1, 0.15) is 66.2 Å². The Kier molecular flexibility index (Phi) is 8.70. The molecular formula is C23H33N3O4S2. The zero-order valence-electron chi connectivity index (χ0n) is 18.5. The molecule has 1 amide bonds. The van der Waals surface area contributed by atoms with Crippen molar-refractivity contribution in [3.8, 4) is 5.75 Å². The predicted octanol–water partition coefficient (Wildman–Crippen LogP) is 3.47. The first-order valence-corrected chi connectivity index (χ1v) is 13.5. The van der Waals surface area contributed by atoms with E-state index < -0.39 is 15.9 Å². The third-order valence-corrected chi connectivity index (χ3v) is 9.35. The minimum absolute atomic E-state index is 0.0637. The molecule has 0 aliphatic carbocycles. The van der Waals surface area contributed by atoms with Gasteiger partial charge in [-0.05, 0) is 49.6 Å². The molecule has 1 aliphatic heterocycles. The standard InChI is InChI=1S/C23H33N3O4S2/c1-2-3-4-5-13-25-18-11-14-26(15-12-18)32(29,30)21-10-9-19(31-21)16-17-7-6-8-20(22(17)27)23(24)28/h6-10,18,25,27H,2-5,11-16H2,1H3,(H2,24,28). The first kappa shape index (κ1) is 24.7. The number of thiophene rings is 1. The number of phenols is 1. The van der Waals surface area contributed by atoms with Crippen LogP contribution in [-0.2, 0) is 16.4 Å². The molecule has 1 fully saturated rings. The topological polar surface area (TPSA) is 113 Å². The van der Waals surface area contributed by atoms with Gasteiger partial charge in [0.05, 0.1) is 5.56 Å². The van der Waals surface area contributed by atoms with Crippen molar-refractivity contribution in [1.29, 1.82) is 0 Å². The second kappa shape index (κ2) is 11.3. The summed E-state index contributed by atoms with van der Waals surface area (Å²) in [6.07, 6.45) is 6.86. The molecule has 176 valence electrons. The van der Waals surface area contributed by atoms with Crippen LogP contribution in [0.2, 0.25) is 0 Å². The molecule has 3 rings (SSSR count). The summed E-state index contributed by atoms with van der Waals surface area (Å²) in [7, 11) is -3.53. The average Bonchev–Trinajstić information content (AvgIpc) is 3.25. The normalized spacial score (nSPS) is 15.8. The van der Waals surface area contributed by atoms with Crippen LogP contribution in [-0.4, -0.2) is 49.4 Å². The van der Waals surface area contributed by atoms with E-state index in [0.29, 0.717) is 35.3 Å². The van der Waals surface area contributed by atoms with E-state index in [2.05, 4.69) is 12.2 Å². The Morgan fingerprint density at radius 2 is 1.94 bits per heavy atom. The Bertz CT molecular complexity index is 1010. The van der Waals surface area contributed by atoms with Crippen LogP contribution in [0.4, 0.5) is 0 Å². The van der Waals surface area contributed by atoms with E-state index >= 15 is 0 Å². The summed E-state index contributed by atoms with van der Waals surface area (Å²) in [5.74, 6) is -0.847. The van der Waals surface area contributed by atoms with Crippen LogP contribution in [0.5, 0.6) is 5.75 Å². The number of sulfonamides is 1. The van der Waals surface area contributed by atoms with Crippen molar-refractivity contribution in [2.75, 3.05) is 19.6 Å². The summed E-state index contributed by atoms with van der Waals surface area (Å²) in [5, 5.41) is 13.9. The highest BCUT2D eigenvalue weighted by atomic mass is 32.2. The van der Waals surface area contributed by atoms with Crippen LogP contribution in [0.3, 0.4) is 0 Å². The summed E-state index contributed by atoms with van der Waals surface area (Å²) < 4.78 is 28.1. The predicted molar refractivity (Wildman–Crippen MR) is 128 cm³/mol. The lowest BCUT2D eigenvalue weighted by Gasteiger charge is -2.31. The highest BCUT2D eigenvalue weighted by Gasteiger charge is 2.30. The van der Waals surface area contributed by atoms with E-state index in [1.165, 1.54) is 43.1 Å². The molecular weight excluding hydrogens is 446 g/mol. The zero-order valence-corrected chi connectivity index (χ0v) is 20.2. The number of carbonyl (C=O) groups is 1. The average molecular weight is 480 g/mol. The second-order valence-electron chi connectivity index (χ2n) is 8.27. The molecule has 1 aromatic heterocycles. The number of benzene rings is 1. The fraction of sp³-hybridized carbons (Fsp3) is 0.522. The van der Waals surface area contributed by atoms with Gasteiger partial charge in [-0.15, -0.1) is 11.3 Å². The number of piperidine rings is 1. The highest BCUT2D eigenvalue weighted by Crippen LogP contribution is 2.31. The maximum Gasteiger partial charge on any atom is 0.252 e. The van der Waals surface area contributed by atoms with E-state index in [9.17, 15) is 18.3 Å². The van der Waals surface area contributed by atoms with E-state index in [-0.39, 0.29) is 11.3 Å². The monoisotopic (exact) mass is 479 g/mol. The molecule has 0 unspecified atom stereocenters. The Morgan fingerprint density at radius 3 is 2.62 bits per heavy atom. The maximum absolute atomic E-state index is 13.1. The van der Waals surface area contributed by atoms with E-state index in [0.717, 1.165) is 24.3 Å². The number of aromatic hydroxyl groups is 1. The number of carbonyl (C=O) groups excluding carboxylic acids is 1. The summed E-state index contributed by atoms with van der Waals surface area (Å²) in [5.41, 5.74) is 5.89. The van der Waals surface area contributed by atoms with Crippen molar-refractivity contribution in [2.45, 2.75) is 62.1 Å². The van der Waals surface area contributed by atoms with Crippen molar-refractivity contribution in [3.63, 3.8) is 0 Å². The second-order valence-corrected chi connectivity index (χ2v) is 11.6. The molecule has 1 aliphatic rings. The lowest BCUT2D eigenvalue weighted by atomic mass is 10.1. The number of hydrogen-bond donors (Lipinski definition) is 3. The Balaban J connectivity index is 1.58. The molecule has 1 aromatic carbocycles. The summed E-state index contributed by atoms with van der Waals surface area (Å²) in [6, 6.07) is 8.59. The van der Waals surface area contributed by atoms with Gasteiger partial charge in [-0.2, -0.15) is 4.31 Å². The number of amides is 1. The summed E-state index contributed by atoms with van der Waals surface area (Å²) in [4.78, 5) is 12.2. The van der Waals surface area contributed by atoms with Gasteiger partial charge >= 0.3 is 0 Å². The van der Waals surface area contributed by atoms with Crippen LogP contribution in [0, 0.1) is 0 Å². The van der Waals surface area contributed by atoms with E-state index in [4.69, 9.17) is 5.73 Å². The molecule has 0 spiro atoms. The van der Waals surface area contributed by atoms with Crippen LogP contribution < -0.4 is 11.1 Å². The van der Waals surface area contributed by atoms with Crippen LogP contribution >= 0.6 is 11.3 Å². The first-order chi connectivity index (χ1) is 15.3. The van der Waals surface area contributed by atoms with E-state index in [1.807, 2.05) is 0 Å². The number of para-hydroxylation sites is 1. The number of unbranched alkanes of at least 4 members (excludes halogenated alkanes) is 3. The molecule has 1 saturated heterocycles. The SMILES string of the molecule is CCCCCCNC1CCN(S(=O)(=O)c2ccc(Cc3cccc(C(N)=O)c3O)s2)CC1. The van der Waals surface area contributed by atoms with E-state index in [1.54, 1.807) is 28.6 Å². The summed E-state index contributed by atoms with van der Waals surface area (Å²) >= 11 is 1.20. The molecule has 7 nitrogen and oxygen atoms in total. The third kappa shape index (κ3) is 6.10. The van der Waals surface area contributed by atoms with Gasteiger partial charge in [0.25, 0.3) is 15.9 Å². The van der Waals surface area contributed by atoms with Crippen molar-refractivity contribution in [2.24, 2.45) is 5.73 Å². The molecule has 2 heterocycles. The minimum atomic E-state index is -3.53. The van der Waals surface area contributed by atoms with Crippen molar-refractivity contribution < 1.29 is 18.3 Å². The zero-order chi connectivity index (χ0) is 23.1. The van der Waals surface area contributed by atoms with Crippen molar-refractivity contribution in [1.82, 2.24) is 9.62 Å². The number of hydrogen-bond acceptors (Lipinski definition) is 6. The largest absolute Gasteiger partial charge is 0.507 e. The third-order valence-electron chi connectivity index (χ3n) is 5.90. The number of nitrogens with two attached hydrogens (primary N) is 1. The van der Waals surface area contributed by atoms with Gasteiger partial charge in [0.15, 0.2) is 0 Å². The van der Waals surface area contributed by atoms with Gasteiger partial charge in [0.2, 0.25) is 0 Å². The molecule has 2 aromatic rings. The fourth-order valence-corrected chi connectivity index (χ4v) is 7.00. The number of nitrogens with zero attached hydrogens (tertiary/aromatic N) is 1. The first-order valence-electron chi connectivity index (χ1n) is 11.3. The lowest BCUT2D eigenvalue weighted by Crippen LogP contribution is -2.44. The Hall–Kier alpha value is -1.94. The Labute approximate surface area is 194 Å². The van der Waals surface area contributed by atoms with Gasteiger partial charge in [0, 0.05) is 30.4 Å². The van der Waals surface area contributed by atoms with Crippen LogP contribution in [0.15, 0.2) is 34.5 Å². The molecule has 0 bridgehead atoms. The maximum atomic E-state index is 13.1. The van der Waals surface area contributed by atoms with Crippen molar-refractivity contribution in [3.05, 3.63) is 46.3 Å². The fourth-order valence-electron chi connectivity index (χ4n) is 4.00. The molecule has 4 N–H and O–H groups in total.